The van der Waals surface area contributed by atoms with Gasteiger partial charge in [0.05, 0.1) is 11.4 Å². The van der Waals surface area contributed by atoms with Crippen LogP contribution >= 0.6 is 0 Å². The molecule has 1 heterocycles. The van der Waals surface area contributed by atoms with Gasteiger partial charge in [-0.25, -0.2) is 0 Å². The van der Waals surface area contributed by atoms with Gasteiger partial charge >= 0.3 is 5.82 Å². The van der Waals surface area contributed by atoms with Crippen LogP contribution in [0.15, 0.2) is 54.9 Å². The molecule has 0 aliphatic rings. The number of nitrogens with zero attached hydrogens (tertiary/aromatic N) is 3. The van der Waals surface area contributed by atoms with Crippen LogP contribution in [0.25, 0.3) is 11.4 Å². The van der Waals surface area contributed by atoms with Gasteiger partial charge in [-0.2, -0.15) is 31.9 Å². The molecule has 0 saturated carbocycles. The summed E-state index contributed by atoms with van der Waals surface area (Å²) in [5, 5.41) is 10.5. The number of hydrogen-bond donors (Lipinski definition) is 0. The standard InChI is InChI=1S/C23H25N3/c1-16(2)20-10-7-11-21(17(3)4)22(20)26-13-12-25(5)23(26)19-9-6-8-18(14-19)15-24/h6-14,16-17H,5H2,1-4H3. The van der Waals surface area contributed by atoms with Crippen LogP contribution in [0.1, 0.15) is 56.2 Å². The summed E-state index contributed by atoms with van der Waals surface area (Å²) in [7, 11) is 0. The van der Waals surface area contributed by atoms with Gasteiger partial charge in [-0.3, -0.25) is 0 Å². The molecule has 0 aliphatic carbocycles. The van der Waals surface area contributed by atoms with E-state index in [1.807, 2.05) is 34.7 Å². The normalized spacial score (nSPS) is 11.1. The number of hydrogen-bond acceptors (Lipinski definition) is 1. The van der Waals surface area contributed by atoms with Crippen molar-refractivity contribution in [1.29, 1.82) is 5.26 Å². The molecule has 0 atom stereocenters. The van der Waals surface area contributed by atoms with Gasteiger partial charge in [0.25, 0.3) is 0 Å². The zero-order valence-electron chi connectivity index (χ0n) is 15.9. The first-order valence-corrected chi connectivity index (χ1v) is 9.01. The van der Waals surface area contributed by atoms with Crippen molar-refractivity contribution in [2.75, 3.05) is 0 Å². The molecule has 132 valence electrons. The molecule has 3 nitrogen and oxygen atoms in total. The topological polar surface area (TPSA) is 35.6 Å². The van der Waals surface area contributed by atoms with Crippen molar-refractivity contribution < 1.29 is 8.49 Å². The number of rotatable bonds is 3. The van der Waals surface area contributed by atoms with E-state index in [1.165, 1.54) is 16.5 Å². The van der Waals surface area contributed by atoms with E-state index < -0.39 is 0 Å². The van der Waals surface area contributed by atoms with Crippen molar-refractivity contribution in [1.82, 2.24) is 0 Å². The second-order valence-electron chi connectivity index (χ2n) is 7.25. The largest absolute Gasteiger partial charge is 0.395 e. The molecule has 0 N–H and O–H groups in total. The van der Waals surface area contributed by atoms with Gasteiger partial charge in [0.15, 0.2) is 12.4 Å². The van der Waals surface area contributed by atoms with Crippen LogP contribution in [0.5, 0.6) is 0 Å². The number of benzene rings is 2. The number of aromatic nitrogens is 2. The Morgan fingerprint density at radius 1 is 1.08 bits per heavy atom. The highest BCUT2D eigenvalue weighted by atomic mass is 15.0. The SMILES string of the molecule is C=[n+]1cc[n+](=c2c(C(C)C)c[cH-]cc2C(C)C)[c-]1-c1cccc(C#N)c1. The van der Waals surface area contributed by atoms with E-state index in [1.54, 1.807) is 0 Å². The highest BCUT2D eigenvalue weighted by Crippen LogP contribution is 2.23. The Bertz CT molecular complexity index is 1090. The molecular weight excluding hydrogens is 318 g/mol. The molecule has 2 aromatic carbocycles. The highest BCUT2D eigenvalue weighted by molar-refractivity contribution is 5.53. The summed E-state index contributed by atoms with van der Waals surface area (Å²) in [6.07, 6.45) is 4.03. The van der Waals surface area contributed by atoms with E-state index in [9.17, 15) is 5.26 Å². The molecule has 3 aromatic rings. The van der Waals surface area contributed by atoms with Gasteiger partial charge in [0.2, 0.25) is 0 Å². The quantitative estimate of drug-likeness (QED) is 0.518. The summed E-state index contributed by atoms with van der Waals surface area (Å²) in [5.41, 5.74) is 4.25. The summed E-state index contributed by atoms with van der Waals surface area (Å²) in [4.78, 5) is 0. The van der Waals surface area contributed by atoms with E-state index in [-0.39, 0.29) is 0 Å². The first kappa shape index (κ1) is 17.8. The Kier molecular flexibility index (Phi) is 4.86. The van der Waals surface area contributed by atoms with Crippen molar-refractivity contribution in [3.63, 3.8) is 0 Å². The minimum absolute atomic E-state index is 0.405. The third-order valence-corrected chi connectivity index (χ3v) is 4.73. The van der Waals surface area contributed by atoms with Crippen molar-refractivity contribution in [2.24, 2.45) is 0 Å². The monoisotopic (exact) mass is 343 g/mol. The van der Waals surface area contributed by atoms with Gasteiger partial charge in [-0.15, -0.1) is 11.1 Å². The van der Waals surface area contributed by atoms with Crippen molar-refractivity contribution >= 4 is 0 Å². The maximum absolute atomic E-state index is 9.27. The van der Waals surface area contributed by atoms with Crippen molar-refractivity contribution in [3.05, 3.63) is 83.6 Å². The molecule has 1 aromatic heterocycles. The molecular formula is C23H25N3. The number of para-hydroxylation sites is 1. The van der Waals surface area contributed by atoms with Crippen LogP contribution in [0.4, 0.5) is 0 Å². The highest BCUT2D eigenvalue weighted by Gasteiger charge is 2.16. The van der Waals surface area contributed by atoms with E-state index >= 15 is 0 Å². The summed E-state index contributed by atoms with van der Waals surface area (Å²) in [6, 6.07) is 16.5. The first-order chi connectivity index (χ1) is 12.4. The molecule has 3 rings (SSSR count). The molecule has 0 radical (unpaired) electrons. The average molecular weight is 343 g/mol. The van der Waals surface area contributed by atoms with Crippen LogP contribution in [-0.2, 0) is 0 Å². The fourth-order valence-electron chi connectivity index (χ4n) is 3.43. The van der Waals surface area contributed by atoms with Crippen molar-refractivity contribution in [2.45, 2.75) is 39.5 Å². The molecule has 0 unspecified atom stereocenters. The summed E-state index contributed by atoms with van der Waals surface area (Å²) in [5.74, 6) is 1.78. The lowest BCUT2D eigenvalue weighted by molar-refractivity contribution is -0.591. The Balaban J connectivity index is 2.55. The molecule has 0 bridgehead atoms. The molecule has 0 spiro atoms. The molecule has 0 fully saturated rings. The Hall–Kier alpha value is -2.99. The average Bonchev–Trinajstić information content (AvgIpc) is 3.02. The molecule has 26 heavy (non-hydrogen) atoms. The summed E-state index contributed by atoms with van der Waals surface area (Å²) >= 11 is 0. The van der Waals surface area contributed by atoms with E-state index in [4.69, 9.17) is 0 Å². The first-order valence-electron chi connectivity index (χ1n) is 9.01. The van der Waals surface area contributed by atoms with E-state index in [0.717, 1.165) is 11.4 Å². The van der Waals surface area contributed by atoms with E-state index in [0.29, 0.717) is 17.4 Å². The fraction of sp³-hybridized carbons (Fsp3) is 0.261. The van der Waals surface area contributed by atoms with Crippen LogP contribution in [0.2, 0.25) is 0 Å². The second kappa shape index (κ2) is 7.09. The van der Waals surface area contributed by atoms with Gasteiger partial charge in [-0.05, 0) is 0 Å². The zero-order valence-corrected chi connectivity index (χ0v) is 15.9. The molecule has 0 saturated heterocycles. The lowest BCUT2D eigenvalue weighted by atomic mass is 9.94. The van der Waals surface area contributed by atoms with Crippen LogP contribution in [0.3, 0.4) is 0 Å². The van der Waals surface area contributed by atoms with Crippen molar-refractivity contribution in [3.8, 4) is 17.5 Å². The zero-order chi connectivity index (χ0) is 18.8. The van der Waals surface area contributed by atoms with Crippen LogP contribution < -0.4 is 8.49 Å². The fourth-order valence-corrected chi connectivity index (χ4v) is 3.43. The molecule has 0 aliphatic heterocycles. The maximum Gasteiger partial charge on any atom is 0.395 e. The second-order valence-corrected chi connectivity index (χ2v) is 7.25. The maximum atomic E-state index is 9.27. The Morgan fingerprint density at radius 2 is 1.73 bits per heavy atom. The predicted octanol–water partition coefficient (Wildman–Crippen LogP) is 4.20. The van der Waals surface area contributed by atoms with Crippen LogP contribution in [0, 0.1) is 23.4 Å². The number of imidazole rings is 1. The number of nitriles is 1. The van der Waals surface area contributed by atoms with Gasteiger partial charge in [0.1, 0.15) is 6.72 Å². The smallest absolute Gasteiger partial charge is 0.195 e. The van der Waals surface area contributed by atoms with Gasteiger partial charge in [-0.1, -0.05) is 63.8 Å². The third kappa shape index (κ3) is 3.11. The van der Waals surface area contributed by atoms with E-state index in [2.05, 4.69) is 69.1 Å². The Labute approximate surface area is 154 Å². The molecule has 0 amide bonds. The summed E-state index contributed by atoms with van der Waals surface area (Å²) in [6.45, 7) is 13.1. The Morgan fingerprint density at radius 3 is 2.31 bits per heavy atom. The lowest BCUT2D eigenvalue weighted by Gasteiger charge is -2.18. The lowest BCUT2D eigenvalue weighted by Crippen LogP contribution is -2.28. The minimum Gasteiger partial charge on any atom is -0.195 e. The van der Waals surface area contributed by atoms with Gasteiger partial charge < -0.3 is 0 Å². The minimum atomic E-state index is 0.405. The summed E-state index contributed by atoms with van der Waals surface area (Å²) < 4.78 is 4.09. The molecule has 3 heteroatoms. The van der Waals surface area contributed by atoms with Crippen LogP contribution in [-0.4, -0.2) is 0 Å². The predicted molar refractivity (Wildman–Crippen MR) is 102 cm³/mol. The van der Waals surface area contributed by atoms with Gasteiger partial charge in [0, 0.05) is 11.1 Å². The third-order valence-electron chi connectivity index (χ3n) is 4.73.